The minimum atomic E-state index is -0.0685. The molecule has 2 aliphatic heterocycles. The third-order valence-electron chi connectivity index (χ3n) is 4.28. The molecule has 0 bridgehead atoms. The van der Waals surface area contributed by atoms with E-state index in [2.05, 4.69) is 47.1 Å². The Labute approximate surface area is 155 Å². The Balaban J connectivity index is 1.55. The van der Waals surface area contributed by atoms with E-state index in [1.807, 2.05) is 10.8 Å². The van der Waals surface area contributed by atoms with Crippen LogP contribution < -0.4 is 4.90 Å². The van der Waals surface area contributed by atoms with Crippen LogP contribution in [0.4, 0.5) is 5.13 Å². The van der Waals surface area contributed by atoms with Gasteiger partial charge < -0.3 is 14.4 Å². The molecule has 0 aromatic carbocycles. The van der Waals surface area contributed by atoms with Crippen LogP contribution in [0.15, 0.2) is 20.9 Å². The Morgan fingerprint density at radius 2 is 2.00 bits per heavy atom. The van der Waals surface area contributed by atoms with Crippen molar-refractivity contribution in [1.82, 2.24) is 14.5 Å². The first-order valence-corrected chi connectivity index (χ1v) is 9.95. The van der Waals surface area contributed by atoms with E-state index in [0.29, 0.717) is 0 Å². The molecule has 2 aromatic heterocycles. The largest absolute Gasteiger partial charge is 0.381 e. The first-order valence-electron chi connectivity index (χ1n) is 7.48. The summed E-state index contributed by atoms with van der Waals surface area (Å²) < 4.78 is 15.0. The molecule has 2 aliphatic rings. The number of anilines is 1. The van der Waals surface area contributed by atoms with Gasteiger partial charge in [0.15, 0.2) is 15.7 Å². The summed E-state index contributed by atoms with van der Waals surface area (Å²) in [5.41, 5.74) is -0.0685. The molecule has 4 rings (SSSR count). The number of nitrogens with zero attached hydrogens (tertiary/aromatic N) is 4. The van der Waals surface area contributed by atoms with Gasteiger partial charge in [-0.15, -0.1) is 11.3 Å². The second-order valence-corrected chi connectivity index (χ2v) is 8.11. The van der Waals surface area contributed by atoms with Crippen molar-refractivity contribution in [3.05, 3.63) is 20.9 Å². The zero-order valence-corrected chi connectivity index (χ0v) is 16.4. The molecule has 9 heteroatoms. The molecule has 1 spiro atoms. The Morgan fingerprint density at radius 3 is 2.74 bits per heavy atom. The van der Waals surface area contributed by atoms with Gasteiger partial charge in [0, 0.05) is 50.7 Å². The molecule has 0 atom stereocenters. The summed E-state index contributed by atoms with van der Waals surface area (Å²) in [5.74, 6) is 0.877. The van der Waals surface area contributed by atoms with Gasteiger partial charge in [-0.25, -0.2) is 9.97 Å². The van der Waals surface area contributed by atoms with Crippen LogP contribution in [0, 0.1) is 0 Å². The summed E-state index contributed by atoms with van der Waals surface area (Å²) in [6.45, 7) is 4.08. The summed E-state index contributed by atoms with van der Waals surface area (Å²) in [7, 11) is 0. The molecule has 23 heavy (non-hydrogen) atoms. The molecular formula is C14H16Br2N4O2S. The van der Waals surface area contributed by atoms with Crippen LogP contribution in [0.1, 0.15) is 12.8 Å². The number of thiazole rings is 1. The highest BCUT2D eigenvalue weighted by Gasteiger charge is 2.39. The van der Waals surface area contributed by atoms with Crippen LogP contribution in [0.2, 0.25) is 0 Å². The number of morpholine rings is 1. The highest BCUT2D eigenvalue weighted by molar-refractivity contribution is 9.11. The average molecular weight is 464 g/mol. The van der Waals surface area contributed by atoms with E-state index in [0.717, 1.165) is 66.0 Å². The van der Waals surface area contributed by atoms with Crippen LogP contribution in [-0.4, -0.2) is 53.0 Å². The van der Waals surface area contributed by atoms with Gasteiger partial charge in [0.05, 0.1) is 12.2 Å². The molecule has 0 N–H and O–H groups in total. The van der Waals surface area contributed by atoms with E-state index in [-0.39, 0.29) is 5.60 Å². The first kappa shape index (κ1) is 16.0. The molecule has 2 fully saturated rings. The molecule has 0 aliphatic carbocycles. The van der Waals surface area contributed by atoms with Crippen molar-refractivity contribution < 1.29 is 9.47 Å². The minimum Gasteiger partial charge on any atom is -0.381 e. The average Bonchev–Trinajstić information content (AvgIpc) is 3.14. The van der Waals surface area contributed by atoms with Crippen LogP contribution in [-0.2, 0) is 9.47 Å². The summed E-state index contributed by atoms with van der Waals surface area (Å²) >= 11 is 8.50. The number of rotatable bonds is 2. The van der Waals surface area contributed by atoms with Gasteiger partial charge >= 0.3 is 0 Å². The second kappa shape index (κ2) is 6.44. The van der Waals surface area contributed by atoms with Crippen LogP contribution in [0.5, 0.6) is 0 Å². The van der Waals surface area contributed by atoms with Crippen molar-refractivity contribution in [2.75, 3.05) is 37.8 Å². The minimum absolute atomic E-state index is 0.0685. The van der Waals surface area contributed by atoms with Gasteiger partial charge in [-0.05, 0) is 31.9 Å². The van der Waals surface area contributed by atoms with Gasteiger partial charge in [-0.1, -0.05) is 0 Å². The zero-order chi connectivity index (χ0) is 15.9. The van der Waals surface area contributed by atoms with Crippen LogP contribution in [0.3, 0.4) is 0 Å². The Kier molecular flexibility index (Phi) is 4.48. The van der Waals surface area contributed by atoms with E-state index in [1.54, 1.807) is 11.3 Å². The fourth-order valence-corrected chi connectivity index (χ4v) is 4.97. The molecule has 4 heterocycles. The third kappa shape index (κ3) is 3.21. The molecular weight excluding hydrogens is 448 g/mol. The van der Waals surface area contributed by atoms with Gasteiger partial charge in [0.1, 0.15) is 4.60 Å². The van der Waals surface area contributed by atoms with Gasteiger partial charge in [0.2, 0.25) is 0 Å². The topological polar surface area (TPSA) is 52.4 Å². The second-order valence-electron chi connectivity index (χ2n) is 5.76. The van der Waals surface area contributed by atoms with E-state index in [4.69, 9.17) is 14.5 Å². The van der Waals surface area contributed by atoms with E-state index >= 15 is 0 Å². The molecule has 124 valence electrons. The molecule has 2 saturated heterocycles. The number of imidazole rings is 1. The quantitative estimate of drug-likeness (QED) is 0.684. The van der Waals surface area contributed by atoms with Crippen molar-refractivity contribution in [3.63, 3.8) is 0 Å². The smallest absolute Gasteiger partial charge is 0.187 e. The maximum atomic E-state index is 6.10. The number of ether oxygens (including phenoxy) is 2. The summed E-state index contributed by atoms with van der Waals surface area (Å²) in [6.07, 6.45) is 3.83. The van der Waals surface area contributed by atoms with Crippen LogP contribution in [0.25, 0.3) is 5.82 Å². The van der Waals surface area contributed by atoms with Gasteiger partial charge in [0.25, 0.3) is 0 Å². The lowest BCUT2D eigenvalue weighted by molar-refractivity contribution is -0.116. The molecule has 0 unspecified atom stereocenters. The predicted octanol–water partition coefficient (Wildman–Crippen LogP) is 3.24. The predicted molar refractivity (Wildman–Crippen MR) is 95.6 cm³/mol. The fraction of sp³-hybridized carbons (Fsp3) is 0.571. The molecule has 0 amide bonds. The van der Waals surface area contributed by atoms with Crippen molar-refractivity contribution in [3.8, 4) is 5.82 Å². The number of hydrogen-bond acceptors (Lipinski definition) is 6. The number of aromatic nitrogens is 3. The van der Waals surface area contributed by atoms with Crippen molar-refractivity contribution in [1.29, 1.82) is 0 Å². The zero-order valence-electron chi connectivity index (χ0n) is 12.4. The Bertz CT molecular complexity index is 693. The van der Waals surface area contributed by atoms with E-state index in [9.17, 15) is 0 Å². The van der Waals surface area contributed by atoms with Gasteiger partial charge in [-0.3, -0.25) is 4.57 Å². The fourth-order valence-electron chi connectivity index (χ4n) is 3.06. The third-order valence-corrected chi connectivity index (χ3v) is 6.11. The highest BCUT2D eigenvalue weighted by Crippen LogP contribution is 2.33. The summed E-state index contributed by atoms with van der Waals surface area (Å²) in [6, 6.07) is 0. The van der Waals surface area contributed by atoms with E-state index < -0.39 is 0 Å². The van der Waals surface area contributed by atoms with E-state index in [1.165, 1.54) is 0 Å². The lowest BCUT2D eigenvalue weighted by atomic mass is 9.92. The monoisotopic (exact) mass is 462 g/mol. The highest BCUT2D eigenvalue weighted by atomic mass is 79.9. The van der Waals surface area contributed by atoms with Crippen molar-refractivity contribution >= 4 is 48.3 Å². The van der Waals surface area contributed by atoms with Crippen LogP contribution >= 0.6 is 43.2 Å². The lowest BCUT2D eigenvalue weighted by Crippen LogP contribution is -2.54. The van der Waals surface area contributed by atoms with Crippen molar-refractivity contribution in [2.24, 2.45) is 0 Å². The maximum absolute atomic E-state index is 6.10. The summed E-state index contributed by atoms with van der Waals surface area (Å²) in [5, 5.41) is 3.09. The maximum Gasteiger partial charge on any atom is 0.187 e. The lowest BCUT2D eigenvalue weighted by Gasteiger charge is -2.44. The van der Waals surface area contributed by atoms with Crippen molar-refractivity contribution in [2.45, 2.75) is 18.4 Å². The Hall–Kier alpha value is -0.480. The van der Waals surface area contributed by atoms with Gasteiger partial charge in [-0.2, -0.15) is 0 Å². The molecule has 6 nitrogen and oxygen atoms in total. The molecule has 2 aromatic rings. The first-order chi connectivity index (χ1) is 11.2. The molecule has 0 radical (unpaired) electrons. The Morgan fingerprint density at radius 1 is 1.17 bits per heavy atom. The normalized spacial score (nSPS) is 21.0. The number of hydrogen-bond donors (Lipinski definition) is 0. The number of halogens is 2. The standard InChI is InChI=1S/C14H16Br2N4O2S/c15-10-7-20(12(16)17-10)11-8-23-13(18-11)19-3-6-22-14(9-19)1-4-21-5-2-14/h7-8H,1-6,9H2. The summed E-state index contributed by atoms with van der Waals surface area (Å²) in [4.78, 5) is 11.4. The molecule has 0 saturated carbocycles. The SMILES string of the molecule is Brc1cn(-c2csc(N3CCOC4(CCOCC4)C3)n2)c(Br)n1.